The predicted octanol–water partition coefficient (Wildman–Crippen LogP) is -0.770. The van der Waals surface area contributed by atoms with Crippen LogP contribution in [0.5, 0.6) is 0 Å². The van der Waals surface area contributed by atoms with Gasteiger partial charge in [0.25, 0.3) is 0 Å². The summed E-state index contributed by atoms with van der Waals surface area (Å²) in [6.45, 7) is 2.46. The van der Waals surface area contributed by atoms with Crippen LogP contribution in [0.4, 0.5) is 0 Å². The molecule has 0 aliphatic carbocycles. The highest BCUT2D eigenvalue weighted by Crippen LogP contribution is 1.93. The number of nitrogens with two attached hydrogens (primary N) is 1. The van der Waals surface area contributed by atoms with Gasteiger partial charge in [-0.3, -0.25) is 0 Å². The maximum Gasteiger partial charge on any atom is 0.129 e. The van der Waals surface area contributed by atoms with Crippen molar-refractivity contribution in [3.05, 3.63) is 0 Å². The summed E-state index contributed by atoms with van der Waals surface area (Å²) >= 11 is 0. The Morgan fingerprint density at radius 1 is 1.55 bits per heavy atom. The summed E-state index contributed by atoms with van der Waals surface area (Å²) in [6, 6.07) is 0.326. The van der Waals surface area contributed by atoms with Crippen LogP contribution in [0.3, 0.4) is 0 Å². The van der Waals surface area contributed by atoms with E-state index in [9.17, 15) is 0 Å². The Morgan fingerprint density at radius 3 is 2.45 bits per heavy atom. The Kier molecular flexibility index (Phi) is 5.41. The minimum Gasteiger partial charge on any atom is -0.392 e. The fourth-order valence-electron chi connectivity index (χ4n) is 0.465. The van der Waals surface area contributed by atoms with Gasteiger partial charge in [-0.25, -0.2) is 0 Å². The van der Waals surface area contributed by atoms with Crippen molar-refractivity contribution in [1.82, 2.24) is 4.90 Å². The molecule has 3 N–H and O–H groups in total. The molecule has 2 atom stereocenters. The number of hydrogen-bond donors (Lipinski definition) is 2. The third-order valence-electron chi connectivity index (χ3n) is 1.61. The summed E-state index contributed by atoms with van der Waals surface area (Å²) in [4.78, 5) is 2.03. The van der Waals surface area contributed by atoms with Gasteiger partial charge in [-0.05, 0) is 21.0 Å². The lowest BCUT2D eigenvalue weighted by molar-refractivity contribution is -0.00426. The Bertz CT molecular complexity index is 98.4. The Morgan fingerprint density at radius 2 is 2.09 bits per heavy atom. The first-order valence-electron chi connectivity index (χ1n) is 3.72. The molecule has 0 bridgehead atoms. The fourth-order valence-corrected chi connectivity index (χ4v) is 0.465. The van der Waals surface area contributed by atoms with Crippen LogP contribution >= 0.6 is 0 Å². The van der Waals surface area contributed by atoms with Gasteiger partial charge in [-0.15, -0.1) is 0 Å². The van der Waals surface area contributed by atoms with E-state index in [1.807, 2.05) is 25.9 Å². The van der Waals surface area contributed by atoms with Crippen LogP contribution in [0.15, 0.2) is 0 Å². The molecule has 4 heteroatoms. The van der Waals surface area contributed by atoms with Crippen LogP contribution < -0.4 is 5.73 Å². The van der Waals surface area contributed by atoms with Gasteiger partial charge in [-0.1, -0.05) is 0 Å². The molecule has 0 rings (SSSR count). The second kappa shape index (κ2) is 5.49. The highest BCUT2D eigenvalue weighted by molar-refractivity contribution is 4.57. The van der Waals surface area contributed by atoms with E-state index in [0.717, 1.165) is 0 Å². The number of aliphatic hydroxyl groups excluding tert-OH is 1. The topological polar surface area (TPSA) is 58.7 Å². The molecule has 0 spiro atoms. The number of likely N-dealkylation sites (N-methyl/N-ethyl adjacent to an activating group) is 1. The van der Waals surface area contributed by atoms with E-state index in [1.165, 1.54) is 0 Å². The minimum absolute atomic E-state index is 0.125. The van der Waals surface area contributed by atoms with Gasteiger partial charge in [-0.2, -0.15) is 0 Å². The molecule has 0 aliphatic rings. The standard InChI is InChI=1S/C7H18N2O2/c1-6(9(2)3)5-11-7(8)4-10/h6-7,10H,4-5,8H2,1-3H3. The van der Waals surface area contributed by atoms with Crippen LogP contribution in [0.1, 0.15) is 6.92 Å². The molecule has 0 aromatic carbocycles. The van der Waals surface area contributed by atoms with E-state index >= 15 is 0 Å². The van der Waals surface area contributed by atoms with Gasteiger partial charge in [0, 0.05) is 6.04 Å². The van der Waals surface area contributed by atoms with Gasteiger partial charge in [0.15, 0.2) is 0 Å². The number of hydrogen-bond acceptors (Lipinski definition) is 4. The predicted molar refractivity (Wildman–Crippen MR) is 44.2 cm³/mol. The van der Waals surface area contributed by atoms with E-state index in [-0.39, 0.29) is 6.61 Å². The molecule has 0 aliphatic heterocycles. The summed E-state index contributed by atoms with van der Waals surface area (Å²) in [5.74, 6) is 0. The van der Waals surface area contributed by atoms with Crippen molar-refractivity contribution < 1.29 is 9.84 Å². The van der Waals surface area contributed by atoms with Gasteiger partial charge in [0.2, 0.25) is 0 Å². The van der Waals surface area contributed by atoms with E-state index in [1.54, 1.807) is 0 Å². The van der Waals surface area contributed by atoms with Gasteiger partial charge >= 0.3 is 0 Å². The number of rotatable bonds is 5. The SMILES string of the molecule is CC(COC(N)CO)N(C)C. The van der Waals surface area contributed by atoms with Crippen LogP contribution in [-0.4, -0.2) is 49.6 Å². The first kappa shape index (κ1) is 10.8. The molecular weight excluding hydrogens is 144 g/mol. The molecule has 0 fully saturated rings. The molecule has 0 radical (unpaired) electrons. The van der Waals surface area contributed by atoms with Crippen molar-refractivity contribution in [1.29, 1.82) is 0 Å². The van der Waals surface area contributed by atoms with Crippen LogP contribution in [0, 0.1) is 0 Å². The van der Waals surface area contributed by atoms with Gasteiger partial charge in [0.1, 0.15) is 6.23 Å². The van der Waals surface area contributed by atoms with Crippen molar-refractivity contribution in [3.63, 3.8) is 0 Å². The maximum absolute atomic E-state index is 8.52. The smallest absolute Gasteiger partial charge is 0.129 e. The molecule has 11 heavy (non-hydrogen) atoms. The maximum atomic E-state index is 8.52. The number of aliphatic hydroxyl groups is 1. The van der Waals surface area contributed by atoms with Crippen LogP contribution in [0.25, 0.3) is 0 Å². The Balaban J connectivity index is 3.37. The molecule has 4 nitrogen and oxygen atoms in total. The molecule has 68 valence electrons. The summed E-state index contributed by atoms with van der Waals surface area (Å²) < 4.78 is 5.10. The lowest BCUT2D eigenvalue weighted by Gasteiger charge is -2.21. The third-order valence-corrected chi connectivity index (χ3v) is 1.61. The zero-order valence-corrected chi connectivity index (χ0v) is 7.45. The van der Waals surface area contributed by atoms with Gasteiger partial charge < -0.3 is 20.5 Å². The lowest BCUT2D eigenvalue weighted by Crippen LogP contribution is -2.35. The zero-order valence-electron chi connectivity index (χ0n) is 7.45. The van der Waals surface area contributed by atoms with E-state index in [0.29, 0.717) is 12.6 Å². The highest BCUT2D eigenvalue weighted by atomic mass is 16.5. The van der Waals surface area contributed by atoms with Crippen molar-refractivity contribution in [2.45, 2.75) is 19.2 Å². The molecule has 2 unspecified atom stereocenters. The van der Waals surface area contributed by atoms with Crippen molar-refractivity contribution in [2.24, 2.45) is 5.73 Å². The molecule has 0 amide bonds. The minimum atomic E-state index is -0.544. The second-order valence-corrected chi connectivity index (χ2v) is 2.87. The Labute approximate surface area is 67.9 Å². The Hall–Kier alpha value is -0.160. The van der Waals surface area contributed by atoms with Crippen LogP contribution in [-0.2, 0) is 4.74 Å². The van der Waals surface area contributed by atoms with Crippen molar-refractivity contribution >= 4 is 0 Å². The van der Waals surface area contributed by atoms with E-state index in [2.05, 4.69) is 0 Å². The first-order chi connectivity index (χ1) is 5.07. The molecular formula is C7H18N2O2. The van der Waals surface area contributed by atoms with E-state index < -0.39 is 6.23 Å². The monoisotopic (exact) mass is 162 g/mol. The zero-order chi connectivity index (χ0) is 8.85. The number of ether oxygens (including phenoxy) is 1. The molecule has 0 aromatic heterocycles. The normalized spacial score (nSPS) is 16.9. The molecule has 0 aromatic rings. The molecule has 0 saturated carbocycles. The average molecular weight is 162 g/mol. The van der Waals surface area contributed by atoms with Crippen molar-refractivity contribution in [3.8, 4) is 0 Å². The summed E-state index contributed by atoms with van der Waals surface area (Å²) in [5.41, 5.74) is 5.33. The average Bonchev–Trinajstić information content (AvgIpc) is 1.99. The summed E-state index contributed by atoms with van der Waals surface area (Å²) in [7, 11) is 3.94. The van der Waals surface area contributed by atoms with Crippen LogP contribution in [0.2, 0.25) is 0 Å². The third kappa shape index (κ3) is 5.15. The first-order valence-corrected chi connectivity index (χ1v) is 3.72. The quantitative estimate of drug-likeness (QED) is 0.521. The summed E-state index contributed by atoms with van der Waals surface area (Å²) in [6.07, 6.45) is -0.544. The fraction of sp³-hybridized carbons (Fsp3) is 1.00. The molecule has 0 saturated heterocycles. The largest absolute Gasteiger partial charge is 0.392 e. The lowest BCUT2D eigenvalue weighted by atomic mass is 10.3. The number of nitrogens with zero attached hydrogens (tertiary/aromatic N) is 1. The highest BCUT2D eigenvalue weighted by Gasteiger charge is 2.06. The summed E-state index contributed by atoms with van der Waals surface area (Å²) in [5, 5.41) is 8.52. The van der Waals surface area contributed by atoms with Crippen molar-refractivity contribution in [2.75, 3.05) is 27.3 Å². The molecule has 0 heterocycles. The second-order valence-electron chi connectivity index (χ2n) is 2.87. The van der Waals surface area contributed by atoms with E-state index in [4.69, 9.17) is 15.6 Å². The van der Waals surface area contributed by atoms with Gasteiger partial charge in [0.05, 0.1) is 13.2 Å².